The molecule has 0 fully saturated rings. The van der Waals surface area contributed by atoms with E-state index in [2.05, 4.69) is 26.8 Å². The Balaban J connectivity index is 2.70. The molecule has 0 amide bonds. The lowest BCUT2D eigenvalue weighted by Gasteiger charge is -2.23. The van der Waals surface area contributed by atoms with E-state index < -0.39 is 0 Å². The Morgan fingerprint density at radius 1 is 1.46 bits per heavy atom. The molecule has 0 aromatic carbocycles. The van der Waals surface area contributed by atoms with Crippen LogP contribution < -0.4 is 0 Å². The van der Waals surface area contributed by atoms with E-state index in [-0.39, 0.29) is 0 Å². The first-order valence-electron chi connectivity index (χ1n) is 5.28. The Bertz CT molecular complexity index is 225. The van der Waals surface area contributed by atoms with E-state index >= 15 is 0 Å². The highest BCUT2D eigenvalue weighted by Gasteiger charge is 2.19. The van der Waals surface area contributed by atoms with Crippen molar-refractivity contribution >= 4 is 0 Å². The summed E-state index contributed by atoms with van der Waals surface area (Å²) in [7, 11) is 0. The minimum absolute atomic E-state index is 0.369. The third-order valence-corrected chi connectivity index (χ3v) is 3.11. The molecule has 0 aliphatic heterocycles. The predicted octanol–water partition coefficient (Wildman–Crippen LogP) is 3.83. The van der Waals surface area contributed by atoms with Gasteiger partial charge in [-0.3, -0.25) is 0 Å². The van der Waals surface area contributed by atoms with Gasteiger partial charge in [-0.1, -0.05) is 32.4 Å². The molecule has 1 heteroatoms. The molecule has 1 nitrogen and oxygen atoms in total. The van der Waals surface area contributed by atoms with Crippen molar-refractivity contribution in [2.75, 3.05) is 0 Å². The van der Waals surface area contributed by atoms with Crippen molar-refractivity contribution in [3.63, 3.8) is 0 Å². The summed E-state index contributed by atoms with van der Waals surface area (Å²) in [5, 5.41) is 9.56. The second-order valence-electron chi connectivity index (χ2n) is 3.95. The van der Waals surface area contributed by atoms with Gasteiger partial charge in [0.1, 0.15) is 0 Å². The SMILES string of the molecule is CCC(C)C1=CC=C(O)C(CC)C1. The van der Waals surface area contributed by atoms with Gasteiger partial charge < -0.3 is 5.11 Å². The molecule has 0 radical (unpaired) electrons. The molecule has 0 heterocycles. The van der Waals surface area contributed by atoms with Crippen LogP contribution in [0, 0.1) is 11.8 Å². The molecule has 74 valence electrons. The molecule has 1 aliphatic carbocycles. The fourth-order valence-electron chi connectivity index (χ4n) is 1.77. The van der Waals surface area contributed by atoms with Crippen LogP contribution in [0.15, 0.2) is 23.5 Å². The van der Waals surface area contributed by atoms with Crippen molar-refractivity contribution < 1.29 is 5.11 Å². The standard InChI is InChI=1S/C12H20O/c1-4-9(3)11-6-7-12(13)10(5-2)8-11/h6-7,9-10,13H,4-5,8H2,1-3H3. The van der Waals surface area contributed by atoms with Crippen LogP contribution in [0.4, 0.5) is 0 Å². The molecule has 0 saturated carbocycles. The number of aliphatic hydroxyl groups is 1. The van der Waals surface area contributed by atoms with Gasteiger partial charge in [0.05, 0.1) is 5.76 Å². The van der Waals surface area contributed by atoms with E-state index in [0.29, 0.717) is 17.6 Å². The summed E-state index contributed by atoms with van der Waals surface area (Å²) in [6.45, 7) is 6.60. The van der Waals surface area contributed by atoms with Crippen molar-refractivity contribution in [1.29, 1.82) is 0 Å². The zero-order valence-corrected chi connectivity index (χ0v) is 8.88. The average Bonchev–Trinajstić information content (AvgIpc) is 2.17. The molecule has 0 saturated heterocycles. The fourth-order valence-corrected chi connectivity index (χ4v) is 1.77. The smallest absolute Gasteiger partial charge is 0.0956 e. The van der Waals surface area contributed by atoms with Crippen LogP contribution >= 0.6 is 0 Å². The maximum atomic E-state index is 9.56. The largest absolute Gasteiger partial charge is 0.512 e. The molecule has 0 spiro atoms. The van der Waals surface area contributed by atoms with Gasteiger partial charge in [0, 0.05) is 5.92 Å². The second kappa shape index (κ2) is 4.50. The Morgan fingerprint density at radius 3 is 2.69 bits per heavy atom. The van der Waals surface area contributed by atoms with Gasteiger partial charge in [0.2, 0.25) is 0 Å². The number of hydrogen-bond acceptors (Lipinski definition) is 1. The van der Waals surface area contributed by atoms with E-state index in [0.717, 1.165) is 12.8 Å². The van der Waals surface area contributed by atoms with Gasteiger partial charge in [-0.25, -0.2) is 0 Å². The number of allylic oxidation sites excluding steroid dienone is 4. The Labute approximate surface area is 81.2 Å². The van der Waals surface area contributed by atoms with Crippen molar-refractivity contribution in [1.82, 2.24) is 0 Å². The molecule has 1 aliphatic rings. The van der Waals surface area contributed by atoms with Gasteiger partial charge in [0.25, 0.3) is 0 Å². The van der Waals surface area contributed by atoms with E-state index in [1.807, 2.05) is 6.08 Å². The second-order valence-corrected chi connectivity index (χ2v) is 3.95. The topological polar surface area (TPSA) is 20.2 Å². The lowest BCUT2D eigenvalue weighted by Crippen LogP contribution is -2.11. The highest BCUT2D eigenvalue weighted by molar-refractivity contribution is 5.24. The average molecular weight is 180 g/mol. The molecule has 0 aromatic rings. The first kappa shape index (κ1) is 10.4. The monoisotopic (exact) mass is 180 g/mol. The number of hydrogen-bond donors (Lipinski definition) is 1. The first-order valence-corrected chi connectivity index (χ1v) is 5.28. The maximum absolute atomic E-state index is 9.56. The number of aliphatic hydroxyl groups excluding tert-OH is 1. The summed E-state index contributed by atoms with van der Waals surface area (Å²) < 4.78 is 0. The molecular weight excluding hydrogens is 160 g/mol. The highest BCUT2D eigenvalue weighted by Crippen LogP contribution is 2.31. The molecule has 0 bridgehead atoms. The molecule has 1 rings (SSSR count). The molecule has 1 N–H and O–H groups in total. The summed E-state index contributed by atoms with van der Waals surface area (Å²) in [5.74, 6) is 1.60. The van der Waals surface area contributed by atoms with Crippen molar-refractivity contribution in [2.45, 2.75) is 40.0 Å². The lowest BCUT2D eigenvalue weighted by molar-refractivity contribution is 0.313. The zero-order valence-electron chi connectivity index (χ0n) is 8.88. The molecular formula is C12H20O. The Hall–Kier alpha value is -0.720. The van der Waals surface area contributed by atoms with Crippen LogP contribution in [0.1, 0.15) is 40.0 Å². The van der Waals surface area contributed by atoms with Crippen LogP contribution in [0.25, 0.3) is 0 Å². The van der Waals surface area contributed by atoms with Crippen LogP contribution in [0.3, 0.4) is 0 Å². The predicted molar refractivity (Wildman–Crippen MR) is 56.6 cm³/mol. The third kappa shape index (κ3) is 2.36. The minimum Gasteiger partial charge on any atom is -0.512 e. The van der Waals surface area contributed by atoms with E-state index in [1.165, 1.54) is 12.0 Å². The summed E-state index contributed by atoms with van der Waals surface area (Å²) >= 11 is 0. The fraction of sp³-hybridized carbons (Fsp3) is 0.667. The first-order chi connectivity index (χ1) is 6.19. The van der Waals surface area contributed by atoms with Crippen LogP contribution in [0.5, 0.6) is 0 Å². The van der Waals surface area contributed by atoms with Crippen LogP contribution in [-0.2, 0) is 0 Å². The van der Waals surface area contributed by atoms with Gasteiger partial charge in [0.15, 0.2) is 0 Å². The number of rotatable bonds is 3. The summed E-state index contributed by atoms with van der Waals surface area (Å²) in [6, 6.07) is 0. The minimum atomic E-state index is 0.369. The van der Waals surface area contributed by atoms with Gasteiger partial charge in [-0.05, 0) is 31.3 Å². The normalized spacial score (nSPS) is 25.0. The Kier molecular flexibility index (Phi) is 3.58. The molecule has 0 aromatic heterocycles. The summed E-state index contributed by atoms with van der Waals surface area (Å²) in [4.78, 5) is 0. The molecule has 13 heavy (non-hydrogen) atoms. The maximum Gasteiger partial charge on any atom is 0.0956 e. The van der Waals surface area contributed by atoms with E-state index in [4.69, 9.17) is 0 Å². The molecule has 2 atom stereocenters. The summed E-state index contributed by atoms with van der Waals surface area (Å²) in [5.41, 5.74) is 1.49. The quantitative estimate of drug-likeness (QED) is 0.699. The van der Waals surface area contributed by atoms with Gasteiger partial charge in [-0.2, -0.15) is 0 Å². The van der Waals surface area contributed by atoms with Crippen molar-refractivity contribution in [3.05, 3.63) is 23.5 Å². The zero-order chi connectivity index (χ0) is 9.84. The van der Waals surface area contributed by atoms with E-state index in [9.17, 15) is 5.11 Å². The van der Waals surface area contributed by atoms with Gasteiger partial charge >= 0.3 is 0 Å². The molecule has 2 unspecified atom stereocenters. The van der Waals surface area contributed by atoms with E-state index in [1.54, 1.807) is 0 Å². The van der Waals surface area contributed by atoms with Crippen LogP contribution in [0.2, 0.25) is 0 Å². The highest BCUT2D eigenvalue weighted by atomic mass is 16.3. The third-order valence-electron chi connectivity index (χ3n) is 3.11. The Morgan fingerprint density at radius 2 is 2.15 bits per heavy atom. The lowest BCUT2D eigenvalue weighted by atomic mass is 9.84. The van der Waals surface area contributed by atoms with Crippen LogP contribution in [-0.4, -0.2) is 5.11 Å². The van der Waals surface area contributed by atoms with Gasteiger partial charge in [-0.15, -0.1) is 0 Å². The summed E-state index contributed by atoms with van der Waals surface area (Å²) in [6.07, 6.45) is 7.25. The van der Waals surface area contributed by atoms with Crippen molar-refractivity contribution in [2.24, 2.45) is 11.8 Å². The van der Waals surface area contributed by atoms with Crippen molar-refractivity contribution in [3.8, 4) is 0 Å².